The number of aldehydes is 1. The zero-order valence-corrected chi connectivity index (χ0v) is 9.35. The smallest absolute Gasteiger partial charge is 0.152 e. The Morgan fingerprint density at radius 2 is 2.31 bits per heavy atom. The molecule has 0 aliphatic carbocycles. The molecule has 0 aromatic heterocycles. The summed E-state index contributed by atoms with van der Waals surface area (Å²) < 4.78 is 5.88. The maximum atomic E-state index is 10.6. The van der Waals surface area contributed by atoms with Gasteiger partial charge in [0.25, 0.3) is 0 Å². The highest BCUT2D eigenvalue weighted by atomic mass is 79.9. The third-order valence-corrected chi connectivity index (χ3v) is 2.66. The lowest BCUT2D eigenvalue weighted by Crippen LogP contribution is -1.95. The molecule has 0 N–H and O–H groups in total. The highest BCUT2D eigenvalue weighted by Gasteiger charge is 2.09. The van der Waals surface area contributed by atoms with Crippen molar-refractivity contribution in [1.82, 2.24) is 0 Å². The lowest BCUT2D eigenvalue weighted by molar-refractivity contribution is 0.112. The number of ether oxygens (including phenoxy) is 1. The molecular formula is C9H8BrClO2. The second-order valence-electron chi connectivity index (χ2n) is 2.32. The van der Waals surface area contributed by atoms with E-state index >= 15 is 0 Å². The maximum Gasteiger partial charge on any atom is 0.152 e. The molecule has 0 aliphatic heterocycles. The molecule has 2 nitrogen and oxygen atoms in total. The van der Waals surface area contributed by atoms with E-state index in [0.717, 1.165) is 0 Å². The van der Waals surface area contributed by atoms with Gasteiger partial charge < -0.3 is 4.74 Å². The Kier molecular flexibility index (Phi) is 3.75. The van der Waals surface area contributed by atoms with Gasteiger partial charge in [-0.1, -0.05) is 11.6 Å². The van der Waals surface area contributed by atoms with Gasteiger partial charge in [-0.25, -0.2) is 0 Å². The van der Waals surface area contributed by atoms with E-state index in [-0.39, 0.29) is 0 Å². The molecule has 0 saturated carbocycles. The number of hydrogen-bond acceptors (Lipinski definition) is 2. The van der Waals surface area contributed by atoms with Crippen molar-refractivity contribution >= 4 is 33.8 Å². The van der Waals surface area contributed by atoms with Crippen molar-refractivity contribution < 1.29 is 9.53 Å². The van der Waals surface area contributed by atoms with Crippen molar-refractivity contribution in [3.8, 4) is 5.75 Å². The van der Waals surface area contributed by atoms with Crippen LogP contribution in [0.4, 0.5) is 0 Å². The predicted molar refractivity (Wildman–Crippen MR) is 55.7 cm³/mol. The zero-order chi connectivity index (χ0) is 9.84. The van der Waals surface area contributed by atoms with Crippen molar-refractivity contribution in [2.45, 2.75) is 6.92 Å². The Morgan fingerprint density at radius 1 is 1.62 bits per heavy atom. The van der Waals surface area contributed by atoms with Crippen LogP contribution in [0.25, 0.3) is 0 Å². The number of rotatable bonds is 3. The minimum absolute atomic E-state index is 0.422. The van der Waals surface area contributed by atoms with E-state index in [4.69, 9.17) is 16.3 Å². The summed E-state index contributed by atoms with van der Waals surface area (Å²) in [6.07, 6.45) is 0.703. The Bertz CT molecular complexity index is 326. The molecule has 0 radical (unpaired) electrons. The standard InChI is InChI=1S/C9H8BrClO2/c1-2-13-8-4-3-7(11)6(5-12)9(8)10/h3-5H,2H2,1H3. The lowest BCUT2D eigenvalue weighted by atomic mass is 10.2. The summed E-state index contributed by atoms with van der Waals surface area (Å²) in [5, 5.41) is 0.422. The number of carbonyl (C=O) groups is 1. The summed E-state index contributed by atoms with van der Waals surface area (Å²) in [6, 6.07) is 3.37. The minimum atomic E-state index is 0.422. The second-order valence-corrected chi connectivity index (χ2v) is 3.52. The van der Waals surface area contributed by atoms with Crippen LogP contribution in [0.3, 0.4) is 0 Å². The van der Waals surface area contributed by atoms with Gasteiger partial charge in [-0.15, -0.1) is 0 Å². The van der Waals surface area contributed by atoms with E-state index in [1.54, 1.807) is 12.1 Å². The lowest BCUT2D eigenvalue weighted by Gasteiger charge is -2.07. The largest absolute Gasteiger partial charge is 0.493 e. The van der Waals surface area contributed by atoms with Crippen LogP contribution in [-0.4, -0.2) is 12.9 Å². The van der Waals surface area contributed by atoms with Gasteiger partial charge in [-0.2, -0.15) is 0 Å². The number of halogens is 2. The fourth-order valence-corrected chi connectivity index (χ4v) is 1.79. The first-order valence-corrected chi connectivity index (χ1v) is 4.93. The molecule has 0 aliphatic rings. The summed E-state index contributed by atoms with van der Waals surface area (Å²) >= 11 is 9.04. The molecular weight excluding hydrogens is 255 g/mol. The van der Waals surface area contributed by atoms with Crippen molar-refractivity contribution in [2.24, 2.45) is 0 Å². The van der Waals surface area contributed by atoms with Crippen LogP contribution in [0.5, 0.6) is 5.75 Å². The van der Waals surface area contributed by atoms with Crippen molar-refractivity contribution in [2.75, 3.05) is 6.61 Å². The number of benzene rings is 1. The van der Waals surface area contributed by atoms with Crippen LogP contribution in [-0.2, 0) is 0 Å². The minimum Gasteiger partial charge on any atom is -0.493 e. The number of hydrogen-bond donors (Lipinski definition) is 0. The summed E-state index contributed by atoms with van der Waals surface area (Å²) in [7, 11) is 0. The Balaban J connectivity index is 3.19. The average Bonchev–Trinajstić information content (AvgIpc) is 2.11. The average molecular weight is 264 g/mol. The molecule has 0 saturated heterocycles. The monoisotopic (exact) mass is 262 g/mol. The van der Waals surface area contributed by atoms with Crippen molar-refractivity contribution in [1.29, 1.82) is 0 Å². The van der Waals surface area contributed by atoms with Crippen LogP contribution in [0, 0.1) is 0 Å². The summed E-state index contributed by atoms with van der Waals surface area (Å²) in [5.41, 5.74) is 0.424. The van der Waals surface area contributed by atoms with Crippen LogP contribution in [0.15, 0.2) is 16.6 Å². The molecule has 0 heterocycles. The molecule has 1 rings (SSSR count). The second kappa shape index (κ2) is 4.63. The van der Waals surface area contributed by atoms with Gasteiger partial charge in [-0.05, 0) is 35.0 Å². The van der Waals surface area contributed by atoms with E-state index in [0.29, 0.717) is 33.7 Å². The topological polar surface area (TPSA) is 26.3 Å². The first-order valence-electron chi connectivity index (χ1n) is 3.76. The summed E-state index contributed by atoms with van der Waals surface area (Å²) in [4.78, 5) is 10.6. The quantitative estimate of drug-likeness (QED) is 0.782. The highest BCUT2D eigenvalue weighted by molar-refractivity contribution is 9.10. The van der Waals surface area contributed by atoms with Crippen molar-refractivity contribution in [3.63, 3.8) is 0 Å². The van der Waals surface area contributed by atoms with Crippen LogP contribution in [0.1, 0.15) is 17.3 Å². The molecule has 0 bridgehead atoms. The summed E-state index contributed by atoms with van der Waals surface area (Å²) in [5.74, 6) is 0.633. The first-order chi connectivity index (χ1) is 6.20. The van der Waals surface area contributed by atoms with Crippen LogP contribution < -0.4 is 4.74 Å². The third kappa shape index (κ3) is 2.23. The van der Waals surface area contributed by atoms with Crippen molar-refractivity contribution in [3.05, 3.63) is 27.2 Å². The molecule has 0 atom stereocenters. The van der Waals surface area contributed by atoms with Crippen LogP contribution in [0.2, 0.25) is 5.02 Å². The molecule has 1 aromatic rings. The van der Waals surface area contributed by atoms with E-state index in [9.17, 15) is 4.79 Å². The molecule has 13 heavy (non-hydrogen) atoms. The van der Waals surface area contributed by atoms with E-state index in [1.165, 1.54) is 0 Å². The molecule has 0 spiro atoms. The predicted octanol–water partition coefficient (Wildman–Crippen LogP) is 3.31. The first kappa shape index (κ1) is 10.5. The van der Waals surface area contributed by atoms with Gasteiger partial charge in [0, 0.05) is 0 Å². The normalized spacial score (nSPS) is 9.77. The molecule has 4 heteroatoms. The molecule has 70 valence electrons. The van der Waals surface area contributed by atoms with Gasteiger partial charge in [0.05, 0.1) is 21.7 Å². The zero-order valence-electron chi connectivity index (χ0n) is 7.01. The Hall–Kier alpha value is -0.540. The molecule has 0 amide bonds. The molecule has 1 aromatic carbocycles. The molecule has 0 unspecified atom stereocenters. The fourth-order valence-electron chi connectivity index (χ4n) is 0.924. The van der Waals surface area contributed by atoms with E-state index in [1.807, 2.05) is 6.92 Å². The SMILES string of the molecule is CCOc1ccc(Cl)c(C=O)c1Br. The maximum absolute atomic E-state index is 10.6. The number of carbonyl (C=O) groups excluding carboxylic acids is 1. The van der Waals surface area contributed by atoms with Crippen LogP contribution >= 0.6 is 27.5 Å². The van der Waals surface area contributed by atoms with Gasteiger partial charge in [0.1, 0.15) is 5.75 Å². The Morgan fingerprint density at radius 3 is 2.85 bits per heavy atom. The van der Waals surface area contributed by atoms with Gasteiger partial charge in [0.15, 0.2) is 6.29 Å². The third-order valence-electron chi connectivity index (χ3n) is 1.51. The van der Waals surface area contributed by atoms with E-state index in [2.05, 4.69) is 15.9 Å². The highest BCUT2D eigenvalue weighted by Crippen LogP contribution is 2.32. The van der Waals surface area contributed by atoms with Gasteiger partial charge in [0.2, 0.25) is 0 Å². The Labute approximate surface area is 90.0 Å². The van der Waals surface area contributed by atoms with Gasteiger partial charge >= 0.3 is 0 Å². The van der Waals surface area contributed by atoms with Gasteiger partial charge in [-0.3, -0.25) is 4.79 Å². The summed E-state index contributed by atoms with van der Waals surface area (Å²) in [6.45, 7) is 2.43. The fraction of sp³-hybridized carbons (Fsp3) is 0.222. The van der Waals surface area contributed by atoms with E-state index < -0.39 is 0 Å². The molecule has 0 fully saturated rings.